The van der Waals surface area contributed by atoms with Crippen LogP contribution in [0.4, 0.5) is 9.59 Å². The number of aromatic nitrogens is 4. The molecule has 0 spiro atoms. The molecule has 4 fully saturated rings. The summed E-state index contributed by atoms with van der Waals surface area (Å²) in [6, 6.07) is 12.9. The summed E-state index contributed by atoms with van der Waals surface area (Å²) in [7, 11) is 2.61. The minimum atomic E-state index is -0.725. The molecule has 3 unspecified atom stereocenters. The van der Waals surface area contributed by atoms with Crippen LogP contribution in [0.5, 0.6) is 5.75 Å². The molecule has 5 aromatic rings. The van der Waals surface area contributed by atoms with Gasteiger partial charge in [0.15, 0.2) is 0 Å². The number of benzene rings is 3. The standard InChI is InChI=1S/C45H49IN8O8/c1-22-16-27-6-9-33(53(27)42(55)37(22)51-44(57)59-2)40-47-20-32(49-40)25-4-7-28-26(17-25)21-62-35-19-29-24(18-30(28)35)5-8-31-39(29)50-41(48-31)34-10-11-36(46)54(34)43(56)38(52-45(58)60-3)23-12-14-61-15-13-23/h4-5,7-8,17-20,22-23,27,33-34,36-38H,6,9-16,21H2,1-3H3,(H,47,49)(H,48,50)(H,51,57)(H,52,58)/t22?,27-,33?,34?,36-,37+,38+/m1/s1. The highest BCUT2D eigenvalue weighted by Gasteiger charge is 2.48. The molecule has 5 aliphatic rings. The first kappa shape index (κ1) is 40.6. The number of carbonyl (C=O) groups excluding carboxylic acids is 4. The molecule has 7 atom stereocenters. The van der Waals surface area contributed by atoms with Gasteiger partial charge in [0.05, 0.1) is 53.3 Å². The summed E-state index contributed by atoms with van der Waals surface area (Å²) in [6.45, 7) is 3.47. The number of rotatable bonds is 7. The van der Waals surface area contributed by atoms with Crippen molar-refractivity contribution in [1.82, 2.24) is 40.4 Å². The van der Waals surface area contributed by atoms with Crippen molar-refractivity contribution in [2.75, 3.05) is 27.4 Å². The Morgan fingerprint density at radius 2 is 1.73 bits per heavy atom. The lowest BCUT2D eigenvalue weighted by Crippen LogP contribution is -2.58. The number of alkyl halides is 1. The van der Waals surface area contributed by atoms with Gasteiger partial charge in [-0.2, -0.15) is 0 Å². The maximum absolute atomic E-state index is 14.4. The van der Waals surface area contributed by atoms with E-state index in [-0.39, 0.29) is 45.8 Å². The minimum Gasteiger partial charge on any atom is -0.488 e. The molecule has 16 nitrogen and oxygen atoms in total. The number of amides is 4. The smallest absolute Gasteiger partial charge is 0.407 e. The van der Waals surface area contributed by atoms with E-state index < -0.39 is 24.3 Å². The molecule has 0 saturated carbocycles. The van der Waals surface area contributed by atoms with Crippen LogP contribution in [0.15, 0.2) is 48.7 Å². The molecule has 4 saturated heterocycles. The Bertz CT molecular complexity index is 2590. The Labute approximate surface area is 371 Å². The molecule has 10 rings (SSSR count). The van der Waals surface area contributed by atoms with Gasteiger partial charge in [0.1, 0.15) is 36.1 Å². The van der Waals surface area contributed by atoms with Gasteiger partial charge in [0, 0.05) is 30.2 Å². The van der Waals surface area contributed by atoms with Gasteiger partial charge in [0.25, 0.3) is 0 Å². The van der Waals surface area contributed by atoms with Crippen molar-refractivity contribution in [1.29, 1.82) is 0 Å². The summed E-state index contributed by atoms with van der Waals surface area (Å²) < 4.78 is 21.7. The van der Waals surface area contributed by atoms with E-state index in [1.54, 1.807) is 0 Å². The molecule has 324 valence electrons. The van der Waals surface area contributed by atoms with Gasteiger partial charge in [-0.1, -0.05) is 47.7 Å². The van der Waals surface area contributed by atoms with E-state index in [0.717, 1.165) is 93.4 Å². The number of hydrogen-bond donors (Lipinski definition) is 4. The number of aromatic amines is 2. The number of H-pyrrole nitrogens is 2. The van der Waals surface area contributed by atoms with Crippen molar-refractivity contribution in [3.8, 4) is 28.1 Å². The largest absolute Gasteiger partial charge is 0.488 e. The van der Waals surface area contributed by atoms with Crippen LogP contribution in [0.25, 0.3) is 44.2 Å². The number of likely N-dealkylation sites (tertiary alicyclic amines) is 1. The lowest BCUT2D eigenvalue weighted by atomic mass is 9.88. The molecule has 2 aromatic heterocycles. The van der Waals surface area contributed by atoms with E-state index in [0.29, 0.717) is 38.5 Å². The average molecular weight is 957 g/mol. The van der Waals surface area contributed by atoms with E-state index in [4.69, 9.17) is 28.9 Å². The molecular weight excluding hydrogens is 907 g/mol. The van der Waals surface area contributed by atoms with Crippen molar-refractivity contribution in [3.63, 3.8) is 0 Å². The fraction of sp³-hybridized carbons (Fsp3) is 0.467. The number of imidazole rings is 2. The Morgan fingerprint density at radius 3 is 2.53 bits per heavy atom. The molecule has 5 aliphatic heterocycles. The van der Waals surface area contributed by atoms with Gasteiger partial charge < -0.3 is 49.3 Å². The van der Waals surface area contributed by atoms with Crippen LogP contribution in [0.3, 0.4) is 0 Å². The second-order valence-corrected chi connectivity index (χ2v) is 18.6. The predicted octanol–water partition coefficient (Wildman–Crippen LogP) is 7.04. The third kappa shape index (κ3) is 7.09. The topological polar surface area (TPSA) is 193 Å². The Hall–Kier alpha value is -5.43. The summed E-state index contributed by atoms with van der Waals surface area (Å²) in [5.41, 5.74) is 6.62. The quantitative estimate of drug-likeness (QED) is 0.0748. The number of fused-ring (bicyclic) bond motifs is 7. The molecule has 3 aromatic carbocycles. The van der Waals surface area contributed by atoms with Crippen molar-refractivity contribution < 1.29 is 38.1 Å². The number of nitrogens with one attached hydrogen (secondary N) is 4. The minimum absolute atomic E-state index is 0.00462. The maximum Gasteiger partial charge on any atom is 0.407 e. The lowest BCUT2D eigenvalue weighted by Gasteiger charge is -2.41. The summed E-state index contributed by atoms with van der Waals surface area (Å²) in [5.74, 6) is 1.93. The fourth-order valence-corrected chi connectivity index (χ4v) is 11.5. The number of methoxy groups -OCH3 is 2. The van der Waals surface area contributed by atoms with Gasteiger partial charge in [0.2, 0.25) is 11.8 Å². The van der Waals surface area contributed by atoms with E-state index in [9.17, 15) is 19.2 Å². The molecule has 0 radical (unpaired) electrons. The monoisotopic (exact) mass is 956 g/mol. The number of nitrogens with zero attached hydrogens (tertiary/aromatic N) is 4. The van der Waals surface area contributed by atoms with E-state index in [1.807, 2.05) is 29.0 Å². The van der Waals surface area contributed by atoms with E-state index >= 15 is 0 Å². The Balaban J connectivity index is 0.900. The molecular formula is C45H49IN8O8. The molecule has 4 N–H and O–H groups in total. The number of hydrogen-bond acceptors (Lipinski definition) is 10. The highest BCUT2D eigenvalue weighted by atomic mass is 127. The second-order valence-electron chi connectivity index (χ2n) is 17.2. The Kier molecular flexibility index (Phi) is 10.7. The van der Waals surface area contributed by atoms with Crippen LogP contribution >= 0.6 is 22.6 Å². The van der Waals surface area contributed by atoms with Crippen LogP contribution < -0.4 is 15.4 Å². The average Bonchev–Trinajstić information content (AvgIpc) is 4.12. The number of piperidine rings is 1. The van der Waals surface area contributed by atoms with Crippen LogP contribution in [0.1, 0.15) is 81.2 Å². The molecule has 0 aliphatic carbocycles. The van der Waals surface area contributed by atoms with E-state index in [1.165, 1.54) is 14.2 Å². The molecule has 17 heteroatoms. The predicted molar refractivity (Wildman–Crippen MR) is 236 cm³/mol. The fourth-order valence-electron chi connectivity index (χ4n) is 10.5. The highest BCUT2D eigenvalue weighted by Crippen LogP contribution is 2.46. The number of halogens is 1. The number of alkyl carbamates (subject to hydrolysis) is 2. The van der Waals surface area contributed by atoms with Crippen molar-refractivity contribution in [2.45, 2.75) is 92.7 Å². The van der Waals surface area contributed by atoms with Crippen LogP contribution in [-0.2, 0) is 30.4 Å². The second kappa shape index (κ2) is 16.4. The molecule has 7 heterocycles. The first-order valence-corrected chi connectivity index (χ1v) is 22.7. The van der Waals surface area contributed by atoms with Gasteiger partial charge in [-0.05, 0) is 103 Å². The van der Waals surface area contributed by atoms with Crippen molar-refractivity contribution in [3.05, 3.63) is 65.9 Å². The Morgan fingerprint density at radius 1 is 0.919 bits per heavy atom. The van der Waals surface area contributed by atoms with Crippen molar-refractivity contribution in [2.24, 2.45) is 11.8 Å². The molecule has 4 amide bonds. The summed E-state index contributed by atoms with van der Waals surface area (Å²) >= 11 is 2.33. The molecule has 62 heavy (non-hydrogen) atoms. The zero-order chi connectivity index (χ0) is 42.8. The maximum atomic E-state index is 14.4. The number of ether oxygens (including phenoxy) is 4. The summed E-state index contributed by atoms with van der Waals surface area (Å²) in [4.78, 5) is 73.3. The van der Waals surface area contributed by atoms with Gasteiger partial charge in [-0.15, -0.1) is 0 Å². The van der Waals surface area contributed by atoms with E-state index in [2.05, 4.69) is 79.6 Å². The van der Waals surface area contributed by atoms with Crippen molar-refractivity contribution >= 4 is 68.4 Å². The SMILES string of the molecule is COC(=O)N[C@@H]1C(=O)N2C(c3ncc(-c4ccc5c(c4)COc4cc6c(ccc7[nH]c(C8CC[C@H](I)N8C(=O)[C@@H](NC(=O)OC)C8CCOCC8)nc76)cc4-5)[nH]3)CC[C@@H]2CC1C. The third-order valence-electron chi connectivity index (χ3n) is 13.6. The van der Waals surface area contributed by atoms with Crippen LogP contribution in [-0.4, -0.2) is 103 Å². The summed E-state index contributed by atoms with van der Waals surface area (Å²) in [5, 5.41) is 7.56. The first-order chi connectivity index (χ1) is 30.1. The summed E-state index contributed by atoms with van der Waals surface area (Å²) in [6.07, 6.45) is 5.96. The molecule has 0 bridgehead atoms. The normalized spacial score (nSPS) is 25.2. The van der Waals surface area contributed by atoms with Crippen LogP contribution in [0.2, 0.25) is 0 Å². The highest BCUT2D eigenvalue weighted by molar-refractivity contribution is 14.1. The van der Waals surface area contributed by atoms with Crippen LogP contribution in [0, 0.1) is 11.8 Å². The number of carbonyl (C=O) groups is 4. The zero-order valence-corrected chi connectivity index (χ0v) is 36.9. The lowest BCUT2D eigenvalue weighted by molar-refractivity contribution is -0.142. The van der Waals surface area contributed by atoms with Gasteiger partial charge in [-0.25, -0.2) is 19.6 Å². The first-order valence-electron chi connectivity index (χ1n) is 21.4. The van der Waals surface area contributed by atoms with Gasteiger partial charge >= 0.3 is 12.2 Å². The van der Waals surface area contributed by atoms with Gasteiger partial charge in [-0.3, -0.25) is 9.59 Å². The third-order valence-corrected chi connectivity index (χ3v) is 14.9. The zero-order valence-electron chi connectivity index (χ0n) is 34.7.